The number of ether oxygens (including phenoxy) is 4. The van der Waals surface area contributed by atoms with Gasteiger partial charge in [-0.1, -0.05) is 156 Å². The highest BCUT2D eigenvalue weighted by Gasteiger charge is 2.60. The molecular formula is C96H148BCl2N9O20. The van der Waals surface area contributed by atoms with Crippen molar-refractivity contribution >= 4 is 89.2 Å². The number of Topliss-reactive ketones (excluding diaryl/α,β-unsaturated/α-hetero) is 1. The number of amides is 3. The number of hydrogen-bond acceptors (Lipinski definition) is 24. The fourth-order valence-electron chi connectivity index (χ4n) is 15.0. The summed E-state index contributed by atoms with van der Waals surface area (Å²) in [4.78, 5) is 114. The number of fused-ring (bicyclic) bond motifs is 1. The number of aromatic nitrogens is 6. The van der Waals surface area contributed by atoms with Crippen LogP contribution in [0.25, 0.3) is 16.8 Å². The number of alkyl halides is 2. The second-order valence-electron chi connectivity index (χ2n) is 39.3. The van der Waals surface area contributed by atoms with Crippen molar-refractivity contribution in [3.8, 4) is 23.1 Å². The summed E-state index contributed by atoms with van der Waals surface area (Å²) in [5, 5.41) is 52.6. The number of hydrogen-bond donors (Lipinski definition) is 6. The Balaban J connectivity index is 0.000000260. The molecule has 3 aromatic heterocycles. The monoisotopic (exact) mass is 1830 g/mol. The highest BCUT2D eigenvalue weighted by molar-refractivity contribution is 6.48. The highest BCUT2D eigenvalue weighted by atomic mass is 35.5. The number of carbonyl (C=O) groups excluding carboxylic acids is 6. The van der Waals surface area contributed by atoms with Gasteiger partial charge in [0.2, 0.25) is 11.8 Å². The molecule has 16 atom stereocenters. The molecule has 0 radical (unpaired) electrons. The number of nitrogens with one attached hydrogen (secondary N) is 1. The molecule has 4 aliphatic heterocycles. The molecule has 2 saturated heterocycles. The Hall–Kier alpha value is -8.13. The van der Waals surface area contributed by atoms with Crippen molar-refractivity contribution in [1.29, 1.82) is 0 Å². The Kier molecular flexibility index (Phi) is 42.6. The van der Waals surface area contributed by atoms with E-state index in [4.69, 9.17) is 82.5 Å². The van der Waals surface area contributed by atoms with Crippen LogP contribution in [0.1, 0.15) is 279 Å². The normalized spacial score (nSPS) is 24.6. The molecular weight excluding hydrogens is 1680 g/mol. The Morgan fingerprint density at radius 2 is 1.04 bits per heavy atom. The zero-order valence-electron chi connectivity index (χ0n) is 81.1. The van der Waals surface area contributed by atoms with Crippen molar-refractivity contribution < 1.29 is 96.7 Å². The molecule has 8 fully saturated rings. The zero-order chi connectivity index (χ0) is 96.9. The summed E-state index contributed by atoms with van der Waals surface area (Å²) in [7, 11) is 3.13. The molecule has 32 heteroatoms. The maximum atomic E-state index is 12.0. The van der Waals surface area contributed by atoms with E-state index in [-0.39, 0.29) is 107 Å². The number of carbonyl (C=O) groups is 9. The number of carboxylic acids is 3. The quantitative estimate of drug-likeness (QED) is 0.00896. The van der Waals surface area contributed by atoms with Gasteiger partial charge in [0.15, 0.2) is 5.78 Å². The lowest BCUT2D eigenvalue weighted by Crippen LogP contribution is -2.41. The van der Waals surface area contributed by atoms with Gasteiger partial charge < -0.3 is 64.6 Å². The van der Waals surface area contributed by atoms with E-state index in [1.165, 1.54) is 43.7 Å². The number of benzene rings is 1. The van der Waals surface area contributed by atoms with Gasteiger partial charge in [0.25, 0.3) is 11.8 Å². The van der Waals surface area contributed by atoms with Crippen LogP contribution in [0.5, 0.6) is 11.9 Å². The molecule has 3 amide bonds. The number of nitrogens with zero attached hydrogens (tertiary/aromatic N) is 7. The first-order chi connectivity index (χ1) is 59.6. The van der Waals surface area contributed by atoms with Crippen LogP contribution in [0.15, 0.2) is 48.8 Å². The number of epoxide rings is 1. The molecule has 10 aliphatic rings. The number of aliphatic hydroxyl groups is 1. The number of allylic oxidation sites excluding steroid dienone is 1. The standard InChI is InChI=1S/C17H22N4O2.C16H19N3O2.C15H15NO4.C12H23BO2.C9H16O2.C7H12O2.C5H9ClO2.C5H11ClO.C5H11NO2.C5H10O/c1-9(2)11-6-13(11)12-7-15(21-20-10(12)3)14-8-18-17(23-5)19-16(14)22-4;1-8(2)10-4-12(10)11-5-14(19-18-9(11)3)13-7-17-16(21)6-15(13)20;1-8(2)11-7-12(11)15(19)20-16-13(17)9-5-3-4-6-10(9)14(16)18;1-8(2)9-7-10(9)13-14-11(3,4)12(5,6)15-13;1-4-11-9(10)8-5-7(8)6(2)3;1-4(2)5-3-6(5)7(8)9;1-3(2)4(6)5(7)8;1-4(2)5(6)3-7;1-3(2)4(6)5(7)8;1-4(2)5-3-6-5/h7-9,11,13H,6H2,1-5H3;5,7-8,10,12H,4,6H2,1-3H3,(H,17,21);3-6,8,11-12H,7H2,1-2H3;8-10H,7H2,1-6H3;6-8H,4-5H2,1-3H3;4-6H,3H2,1-2H3,(H,8,9);3-4H,1-2H3,(H,7,8);4-5,7H,3H2,1-2H3;3-4H,6H2,1-2H3,(H,7,8);4-5H,3H2,1-2H3/t11-,13+;10-,12+;11-,12+;9-,10?;7-,8+;5-,6+;4-;5-;4-;5-/m1111111011/s1. The van der Waals surface area contributed by atoms with Crippen molar-refractivity contribution in [3.05, 3.63) is 88.1 Å². The Morgan fingerprint density at radius 1 is 0.586 bits per heavy atom. The first-order valence-corrected chi connectivity index (χ1v) is 46.4. The SMILES string of the molecule is CC(C)[C@@H](Cl)C(=O)O.CC(C)[C@@H](Cl)CO.CC(C)[C@@H](N)C(=O)O.CC(C)[C@H]1CC1B1OC(C)(C)C(C)(C)O1.CC(C)[C@H]1CO1.CC(C)[C@H]1C[C@@H]1C(=O)O.CC(C)[C@H]1C[C@@H]1C(=O)ON1C(=O)c2ccccc2C1=O.CCOC(=O)[C@H]1C[C@@H]1C(C)C.COc1ncc(-c2cc([C@H]3C[C@@H]3C(C)C)c(C)nn2)c(OC)n1.Cc1nnc(C2=CNC(=O)CC2=O)cc1[C@H]1C[C@@H]1C(C)C. The number of rotatable bonds is 25. The number of hydroxylamine groups is 2. The van der Waals surface area contributed by atoms with Crippen LogP contribution in [0.3, 0.4) is 0 Å². The van der Waals surface area contributed by atoms with Gasteiger partial charge in [0, 0.05) is 12.4 Å². The van der Waals surface area contributed by atoms with Crippen molar-refractivity contribution in [3.63, 3.8) is 0 Å². The van der Waals surface area contributed by atoms with Crippen LogP contribution < -0.4 is 20.5 Å². The minimum Gasteiger partial charge on any atom is -0.481 e. The molecule has 714 valence electrons. The van der Waals surface area contributed by atoms with Crippen LogP contribution in [-0.4, -0.2) is 184 Å². The lowest BCUT2D eigenvalue weighted by molar-refractivity contribution is -0.170. The summed E-state index contributed by atoms with van der Waals surface area (Å²) >= 11 is 10.9. The van der Waals surface area contributed by atoms with E-state index in [0.717, 1.165) is 72.2 Å². The predicted molar refractivity (Wildman–Crippen MR) is 493 cm³/mol. The van der Waals surface area contributed by atoms with Crippen molar-refractivity contribution in [1.82, 2.24) is 40.7 Å². The molecule has 7 heterocycles. The van der Waals surface area contributed by atoms with E-state index < -0.39 is 47.1 Å². The van der Waals surface area contributed by atoms with Crippen LogP contribution >= 0.6 is 23.2 Å². The predicted octanol–water partition coefficient (Wildman–Crippen LogP) is 17.0. The summed E-state index contributed by atoms with van der Waals surface area (Å²) < 4.78 is 32.4. The van der Waals surface area contributed by atoms with Crippen LogP contribution in [0.2, 0.25) is 5.82 Å². The van der Waals surface area contributed by atoms with Gasteiger partial charge in [0.1, 0.15) is 17.1 Å². The summed E-state index contributed by atoms with van der Waals surface area (Å²) in [5.74, 6) is 6.00. The van der Waals surface area contributed by atoms with Crippen LogP contribution in [-0.2, 0) is 57.2 Å². The average Bonchev–Trinajstić information content (AvgIpc) is 1.61. The number of aliphatic hydroxyl groups excluding tert-OH is 1. The smallest absolute Gasteiger partial charge is 0.461 e. The average molecular weight is 1830 g/mol. The fourth-order valence-corrected chi connectivity index (χ4v) is 15.0. The van der Waals surface area contributed by atoms with Crippen LogP contribution in [0, 0.1) is 126 Å². The van der Waals surface area contributed by atoms with Crippen molar-refractivity contribution in [2.24, 2.45) is 118 Å². The third-order valence-corrected chi connectivity index (χ3v) is 26.6. The molecule has 6 aliphatic carbocycles. The molecule has 128 heavy (non-hydrogen) atoms. The molecule has 1 unspecified atom stereocenters. The number of imide groups is 1. The Bertz CT molecular complexity index is 4330. The third kappa shape index (κ3) is 32.7. The summed E-state index contributed by atoms with van der Waals surface area (Å²) in [6.07, 6.45) is 9.97. The number of nitrogens with two attached hydrogens (primary N) is 1. The van der Waals surface area contributed by atoms with E-state index in [1.54, 1.807) is 65.3 Å². The molecule has 4 aromatic rings. The first kappa shape index (κ1) is 110. The number of ketones is 1. The fraction of sp³-hybridized carbons (Fsp3) is 0.698. The van der Waals surface area contributed by atoms with E-state index in [1.807, 2.05) is 54.5 Å². The van der Waals surface area contributed by atoms with Gasteiger partial charge in [0.05, 0.1) is 120 Å². The van der Waals surface area contributed by atoms with Crippen molar-refractivity contribution in [2.75, 3.05) is 34.0 Å². The van der Waals surface area contributed by atoms with Gasteiger partial charge in [-0.2, -0.15) is 20.3 Å². The second kappa shape index (κ2) is 49.4. The van der Waals surface area contributed by atoms with E-state index >= 15 is 0 Å². The van der Waals surface area contributed by atoms with Crippen LogP contribution in [0.4, 0.5) is 0 Å². The number of aryl methyl sites for hydroxylation is 2. The van der Waals surface area contributed by atoms with Gasteiger partial charge in [-0.25, -0.2) is 9.78 Å². The third-order valence-electron chi connectivity index (χ3n) is 25.3. The maximum absolute atomic E-state index is 12.0. The zero-order valence-corrected chi connectivity index (χ0v) is 82.6. The van der Waals surface area contributed by atoms with Gasteiger partial charge in [-0.15, -0.1) is 28.3 Å². The highest BCUT2D eigenvalue weighted by Crippen LogP contribution is 2.57. The van der Waals surface area contributed by atoms with Gasteiger partial charge >= 0.3 is 43.0 Å². The summed E-state index contributed by atoms with van der Waals surface area (Å²) in [6.45, 7) is 57.5. The summed E-state index contributed by atoms with van der Waals surface area (Å²) in [5.41, 5.74) is 12.2. The molecule has 14 rings (SSSR count). The van der Waals surface area contributed by atoms with Gasteiger partial charge in [-0.05, 0) is 235 Å². The summed E-state index contributed by atoms with van der Waals surface area (Å²) in [6, 6.07) is 10.1. The lowest BCUT2D eigenvalue weighted by atomic mass is 9.79. The minimum atomic E-state index is -0.943. The number of carboxylic acid groups (broad SMARTS) is 3. The molecule has 6 saturated carbocycles. The molecule has 0 spiro atoms. The first-order valence-electron chi connectivity index (χ1n) is 45.5. The lowest BCUT2D eigenvalue weighted by Gasteiger charge is -2.32. The molecule has 29 nitrogen and oxygen atoms in total. The number of aliphatic carboxylic acids is 3. The number of methoxy groups -OCH3 is 2. The largest absolute Gasteiger partial charge is 0.481 e. The number of halogens is 2. The molecule has 7 N–H and O–H groups in total. The molecule has 0 bridgehead atoms. The number of esters is 1. The molecule has 1 aromatic carbocycles. The second-order valence-corrected chi connectivity index (χ2v) is 40.4. The topological polar surface area (TPSA) is 421 Å². The van der Waals surface area contributed by atoms with Gasteiger partial charge in [-0.3, -0.25) is 38.4 Å². The Morgan fingerprint density at radius 3 is 1.35 bits per heavy atom. The minimum absolute atomic E-state index is 0.00574. The van der Waals surface area contributed by atoms with E-state index in [0.29, 0.717) is 106 Å². The van der Waals surface area contributed by atoms with E-state index in [9.17, 15) is 43.2 Å². The van der Waals surface area contributed by atoms with E-state index in [2.05, 4.69) is 153 Å². The van der Waals surface area contributed by atoms with Crippen molar-refractivity contribution in [2.45, 2.75) is 284 Å². The Labute approximate surface area is 769 Å². The maximum Gasteiger partial charge on any atom is 0.461 e.